The van der Waals surface area contributed by atoms with Gasteiger partial charge >= 0.3 is 5.97 Å². The summed E-state index contributed by atoms with van der Waals surface area (Å²) >= 11 is 4.26. The van der Waals surface area contributed by atoms with Gasteiger partial charge in [-0.25, -0.2) is 9.78 Å². The number of nitrogens with zero attached hydrogens (tertiary/aromatic N) is 2. The predicted octanol–water partition coefficient (Wildman–Crippen LogP) is 2.83. The van der Waals surface area contributed by atoms with E-state index in [1.807, 2.05) is 12.1 Å². The number of aliphatic hydroxyl groups is 1. The summed E-state index contributed by atoms with van der Waals surface area (Å²) in [6.45, 7) is 2.03. The van der Waals surface area contributed by atoms with E-state index in [9.17, 15) is 14.7 Å². The second-order valence-electron chi connectivity index (χ2n) is 8.47. The van der Waals surface area contributed by atoms with Gasteiger partial charge in [0, 0.05) is 22.2 Å². The Bertz CT molecular complexity index is 1380. The van der Waals surface area contributed by atoms with E-state index < -0.39 is 11.6 Å². The van der Waals surface area contributed by atoms with E-state index in [-0.39, 0.29) is 18.6 Å². The second-order valence-corrected chi connectivity index (χ2v) is 8.70. The van der Waals surface area contributed by atoms with Gasteiger partial charge in [0.25, 0.3) is 5.56 Å². The molecule has 7 nitrogen and oxygen atoms in total. The number of pyridine rings is 2. The van der Waals surface area contributed by atoms with Crippen LogP contribution in [0.5, 0.6) is 0 Å². The van der Waals surface area contributed by atoms with E-state index >= 15 is 0 Å². The van der Waals surface area contributed by atoms with E-state index in [1.165, 1.54) is 11.1 Å². The number of carbonyl (C=O) groups excluding carboxylic acids is 1. The van der Waals surface area contributed by atoms with Crippen LogP contribution in [0.2, 0.25) is 0 Å². The number of hydrogen-bond acceptors (Lipinski definition) is 7. The molecule has 2 N–H and O–H groups in total. The van der Waals surface area contributed by atoms with Crippen LogP contribution in [-0.2, 0) is 41.1 Å². The normalized spacial score (nSPS) is 20.8. The molecule has 2 aromatic heterocycles. The maximum Gasteiger partial charge on any atom is 0.343 e. The van der Waals surface area contributed by atoms with Crippen LogP contribution in [0.25, 0.3) is 22.3 Å². The molecule has 0 spiro atoms. The molecule has 6 rings (SSSR count). The number of hydrogen-bond donors (Lipinski definition) is 3. The lowest BCUT2D eigenvalue weighted by atomic mass is 9.85. The maximum atomic E-state index is 13.4. The quantitative estimate of drug-likeness (QED) is 0.331. The monoisotopic (exact) mass is 435 g/mol. The zero-order chi connectivity index (χ0) is 21.5. The molecular formula is C23H21N3O4S. The fourth-order valence-corrected chi connectivity index (χ4v) is 5.63. The Kier molecular flexibility index (Phi) is 3.86. The van der Waals surface area contributed by atoms with Crippen molar-refractivity contribution in [3.63, 3.8) is 0 Å². The number of nitrogens with one attached hydrogen (secondary N) is 1. The first kappa shape index (κ1) is 18.9. The number of cyclic esters (lactones) is 1. The molecule has 1 atom stereocenters. The van der Waals surface area contributed by atoms with Gasteiger partial charge in [-0.2, -0.15) is 0 Å². The van der Waals surface area contributed by atoms with Crippen LogP contribution in [0.4, 0.5) is 5.69 Å². The average Bonchev–Trinajstić information content (AvgIpc) is 3.16. The number of rotatable bonds is 2. The van der Waals surface area contributed by atoms with Crippen LogP contribution < -0.4 is 10.3 Å². The predicted molar refractivity (Wildman–Crippen MR) is 119 cm³/mol. The number of aromatic nitrogens is 2. The van der Waals surface area contributed by atoms with Crippen molar-refractivity contribution in [3.05, 3.63) is 56.4 Å². The molecule has 0 unspecified atom stereocenters. The van der Waals surface area contributed by atoms with E-state index in [0.717, 1.165) is 47.1 Å². The Balaban J connectivity index is 1.66. The molecule has 4 heterocycles. The third-order valence-corrected chi connectivity index (χ3v) is 7.29. The molecule has 3 aliphatic rings. The minimum absolute atomic E-state index is 0.116. The molecule has 0 saturated heterocycles. The summed E-state index contributed by atoms with van der Waals surface area (Å²) in [7, 11) is 0. The molecule has 158 valence electrons. The van der Waals surface area contributed by atoms with Crippen molar-refractivity contribution in [3.8, 4) is 11.4 Å². The smallest absolute Gasteiger partial charge is 0.343 e. The topological polar surface area (TPSA) is 93.5 Å². The van der Waals surface area contributed by atoms with E-state index in [0.29, 0.717) is 23.4 Å². The number of benzene rings is 1. The van der Waals surface area contributed by atoms with Crippen molar-refractivity contribution < 1.29 is 14.6 Å². The Labute approximate surface area is 183 Å². The van der Waals surface area contributed by atoms with Crippen molar-refractivity contribution in [2.75, 3.05) is 4.72 Å². The standard InChI is InChI=1S/C23H21N3O4S/c1-2-23(29)15-8-18-20-13(9-26(18)21(27)14(15)10-30-22(23)28)11-4-3-5-12-16(25-31)6-7-17(24-20)19(11)12/h6-8,25,29,31H,2-5,9-10H2,1H3/t23-/m0/s1. The lowest BCUT2D eigenvalue weighted by Crippen LogP contribution is -2.44. The summed E-state index contributed by atoms with van der Waals surface area (Å²) < 4.78 is 9.84. The van der Waals surface area contributed by atoms with Gasteiger partial charge in [0.15, 0.2) is 5.60 Å². The fraction of sp³-hybridized carbons (Fsp3) is 0.348. The van der Waals surface area contributed by atoms with Crippen LogP contribution >= 0.6 is 12.8 Å². The van der Waals surface area contributed by atoms with E-state index in [1.54, 1.807) is 17.6 Å². The molecule has 0 saturated carbocycles. The summed E-state index contributed by atoms with van der Waals surface area (Å²) in [4.78, 5) is 30.7. The van der Waals surface area contributed by atoms with E-state index in [4.69, 9.17) is 9.72 Å². The molecule has 1 aromatic carbocycles. The van der Waals surface area contributed by atoms with Gasteiger partial charge in [0.1, 0.15) is 6.61 Å². The largest absolute Gasteiger partial charge is 0.458 e. The highest BCUT2D eigenvalue weighted by atomic mass is 32.1. The number of thiol groups is 1. The Morgan fingerprint density at radius 2 is 2.03 bits per heavy atom. The highest BCUT2D eigenvalue weighted by molar-refractivity contribution is 7.81. The Morgan fingerprint density at radius 3 is 2.81 bits per heavy atom. The molecule has 0 fully saturated rings. The van der Waals surface area contributed by atoms with Crippen LogP contribution in [0, 0.1) is 0 Å². The SMILES string of the molecule is CC[C@@]1(O)C(=O)OCc2c1cc1n(c2=O)Cc2c-1nc1ccc(NS)c3c1c2CCC3. The number of carbonyl (C=O) groups is 1. The van der Waals surface area contributed by atoms with Gasteiger partial charge in [0.2, 0.25) is 0 Å². The third-order valence-electron chi connectivity index (χ3n) is 7.05. The molecule has 1 aliphatic carbocycles. The number of esters is 1. The number of fused-ring (bicyclic) bond motifs is 5. The van der Waals surface area contributed by atoms with Crippen molar-refractivity contribution in [2.24, 2.45) is 0 Å². The first-order valence-electron chi connectivity index (χ1n) is 10.5. The first-order valence-corrected chi connectivity index (χ1v) is 11.0. The summed E-state index contributed by atoms with van der Waals surface area (Å²) in [6.07, 6.45) is 3.03. The van der Waals surface area contributed by atoms with Gasteiger partial charge < -0.3 is 19.1 Å². The molecule has 0 bridgehead atoms. The van der Waals surface area contributed by atoms with Crippen LogP contribution in [0.3, 0.4) is 0 Å². The van der Waals surface area contributed by atoms with Gasteiger partial charge in [-0.15, -0.1) is 0 Å². The minimum atomic E-state index is -1.81. The fourth-order valence-electron chi connectivity index (χ4n) is 5.42. The van der Waals surface area contributed by atoms with Crippen molar-refractivity contribution in [1.29, 1.82) is 0 Å². The summed E-state index contributed by atoms with van der Waals surface area (Å²) in [5, 5.41) is 12.2. The second kappa shape index (κ2) is 6.34. The Hall–Kier alpha value is -2.84. The van der Waals surface area contributed by atoms with Crippen molar-refractivity contribution >= 4 is 35.4 Å². The van der Waals surface area contributed by atoms with Gasteiger partial charge in [-0.05, 0) is 55.0 Å². The van der Waals surface area contributed by atoms with Gasteiger partial charge in [0.05, 0.1) is 29.0 Å². The number of ether oxygens (including phenoxy) is 1. The van der Waals surface area contributed by atoms with Gasteiger partial charge in [-0.1, -0.05) is 19.7 Å². The molecule has 0 radical (unpaired) electrons. The molecule has 2 aliphatic heterocycles. The minimum Gasteiger partial charge on any atom is -0.458 e. The van der Waals surface area contributed by atoms with Gasteiger partial charge in [-0.3, -0.25) is 4.79 Å². The van der Waals surface area contributed by atoms with Crippen LogP contribution in [0.1, 0.15) is 47.6 Å². The summed E-state index contributed by atoms with van der Waals surface area (Å²) in [5.74, 6) is -0.705. The molecule has 31 heavy (non-hydrogen) atoms. The third kappa shape index (κ3) is 2.32. The molecular weight excluding hydrogens is 414 g/mol. The molecule has 0 amide bonds. The van der Waals surface area contributed by atoms with E-state index in [2.05, 4.69) is 17.5 Å². The number of aryl methyl sites for hydroxylation is 2. The lowest BCUT2D eigenvalue weighted by Gasteiger charge is -2.31. The van der Waals surface area contributed by atoms with Crippen molar-refractivity contribution in [1.82, 2.24) is 9.55 Å². The summed E-state index contributed by atoms with van der Waals surface area (Å²) in [5.41, 5.74) is 5.45. The molecule has 8 heteroatoms. The summed E-state index contributed by atoms with van der Waals surface area (Å²) in [6, 6.07) is 5.73. The average molecular weight is 436 g/mol. The highest BCUT2D eigenvalue weighted by Gasteiger charge is 2.45. The van der Waals surface area contributed by atoms with Crippen molar-refractivity contribution in [2.45, 2.75) is 51.4 Å². The van der Waals surface area contributed by atoms with Crippen LogP contribution in [-0.4, -0.2) is 20.6 Å². The number of anilines is 1. The van der Waals surface area contributed by atoms with Crippen LogP contribution in [0.15, 0.2) is 23.0 Å². The Morgan fingerprint density at radius 1 is 1.23 bits per heavy atom. The lowest BCUT2D eigenvalue weighted by molar-refractivity contribution is -0.172. The zero-order valence-corrected chi connectivity index (χ0v) is 17.9. The highest BCUT2D eigenvalue weighted by Crippen LogP contribution is 2.43. The first-order chi connectivity index (χ1) is 15.0. The maximum absolute atomic E-state index is 13.4. The zero-order valence-electron chi connectivity index (χ0n) is 17.0. The molecule has 3 aromatic rings.